The molecule has 3 heterocycles. The van der Waals surface area contributed by atoms with Crippen molar-refractivity contribution in [2.24, 2.45) is 5.73 Å². The summed E-state index contributed by atoms with van der Waals surface area (Å²) in [6.45, 7) is 2.94. The zero-order valence-corrected chi connectivity index (χ0v) is 18.8. The van der Waals surface area contributed by atoms with Crippen LogP contribution < -0.4 is 21.1 Å². The molecule has 1 fully saturated rings. The summed E-state index contributed by atoms with van der Waals surface area (Å²) in [5, 5.41) is 10.2. The number of benzene rings is 1. The lowest BCUT2D eigenvalue weighted by molar-refractivity contribution is 0.0695. The minimum atomic E-state index is -0.776. The molecule has 11 heteroatoms. The van der Waals surface area contributed by atoms with Crippen LogP contribution in [0.2, 0.25) is 0 Å². The molecule has 4 N–H and O–H groups in total. The van der Waals surface area contributed by atoms with Gasteiger partial charge in [0, 0.05) is 36.6 Å². The number of hydrogen-bond acceptors (Lipinski definition) is 6. The van der Waals surface area contributed by atoms with Crippen LogP contribution in [-0.4, -0.2) is 53.1 Å². The summed E-state index contributed by atoms with van der Waals surface area (Å²) in [5.74, 6) is -0.224. The first-order valence-corrected chi connectivity index (χ1v) is 10.7. The highest BCUT2D eigenvalue weighted by Gasteiger charge is 2.23. The number of methoxy groups -OCH3 is 1. The van der Waals surface area contributed by atoms with Crippen molar-refractivity contribution in [3.63, 3.8) is 0 Å². The summed E-state index contributed by atoms with van der Waals surface area (Å²) in [6, 6.07) is 6.48. The van der Waals surface area contributed by atoms with Crippen molar-refractivity contribution in [2.45, 2.75) is 25.8 Å². The van der Waals surface area contributed by atoms with E-state index in [0.29, 0.717) is 41.5 Å². The lowest BCUT2D eigenvalue weighted by Gasteiger charge is -2.23. The van der Waals surface area contributed by atoms with Crippen LogP contribution in [0.4, 0.5) is 15.0 Å². The van der Waals surface area contributed by atoms with Gasteiger partial charge >= 0.3 is 6.03 Å². The highest BCUT2D eigenvalue weighted by Crippen LogP contribution is 2.32. The molecule has 1 aliphatic heterocycles. The Kier molecular flexibility index (Phi) is 6.73. The van der Waals surface area contributed by atoms with E-state index in [2.05, 4.69) is 20.7 Å². The molecular weight excluding hydrogens is 443 g/mol. The van der Waals surface area contributed by atoms with Gasteiger partial charge < -0.3 is 20.5 Å². The third kappa shape index (κ3) is 4.84. The summed E-state index contributed by atoms with van der Waals surface area (Å²) in [4.78, 5) is 29.0. The number of nitrogens with zero attached hydrogens (tertiary/aromatic N) is 3. The number of amides is 3. The molecule has 0 atom stereocenters. The Labute approximate surface area is 195 Å². The molecule has 3 aromatic rings. The van der Waals surface area contributed by atoms with Gasteiger partial charge in [-0.15, -0.1) is 0 Å². The number of halogens is 1. The van der Waals surface area contributed by atoms with Crippen LogP contribution >= 0.6 is 0 Å². The molecule has 4 rings (SSSR count). The van der Waals surface area contributed by atoms with E-state index in [4.69, 9.17) is 15.2 Å². The summed E-state index contributed by atoms with van der Waals surface area (Å²) >= 11 is 0. The number of ether oxygens (including phenoxy) is 2. The van der Waals surface area contributed by atoms with E-state index in [-0.39, 0.29) is 23.4 Å². The fourth-order valence-corrected chi connectivity index (χ4v) is 3.81. The Morgan fingerprint density at radius 3 is 2.59 bits per heavy atom. The normalized spacial score (nSPS) is 14.0. The number of rotatable bonds is 6. The van der Waals surface area contributed by atoms with Gasteiger partial charge in [-0.1, -0.05) is 0 Å². The molecule has 2 aromatic heterocycles. The average Bonchev–Trinajstić information content (AvgIpc) is 3.15. The van der Waals surface area contributed by atoms with Crippen molar-refractivity contribution in [2.75, 3.05) is 25.6 Å². The van der Waals surface area contributed by atoms with E-state index in [0.717, 1.165) is 12.8 Å². The SMILES string of the molecule is COc1ncc(-c2nn(-c3ccc(F)cc3)c(NC(N)=O)c2C)cc1C(=O)NC1CCOCC1. The Balaban J connectivity index is 1.74. The Morgan fingerprint density at radius 1 is 1.24 bits per heavy atom. The van der Waals surface area contributed by atoms with Gasteiger partial charge in [-0.25, -0.2) is 18.9 Å². The van der Waals surface area contributed by atoms with Crippen molar-refractivity contribution in [3.8, 4) is 22.8 Å². The van der Waals surface area contributed by atoms with E-state index in [9.17, 15) is 14.0 Å². The Bertz CT molecular complexity index is 1200. The number of urea groups is 1. The predicted molar refractivity (Wildman–Crippen MR) is 123 cm³/mol. The number of carbonyl (C=O) groups excluding carboxylic acids is 2. The minimum absolute atomic E-state index is 0.000372. The number of nitrogens with one attached hydrogen (secondary N) is 2. The topological polar surface area (TPSA) is 133 Å². The molecule has 0 saturated carbocycles. The number of nitrogens with two attached hydrogens (primary N) is 1. The third-order valence-electron chi connectivity index (χ3n) is 5.55. The van der Waals surface area contributed by atoms with Crippen LogP contribution in [0.3, 0.4) is 0 Å². The minimum Gasteiger partial charge on any atom is -0.480 e. The van der Waals surface area contributed by atoms with Crippen LogP contribution in [0, 0.1) is 12.7 Å². The molecule has 34 heavy (non-hydrogen) atoms. The van der Waals surface area contributed by atoms with Crippen molar-refractivity contribution >= 4 is 17.8 Å². The highest BCUT2D eigenvalue weighted by atomic mass is 19.1. The second-order valence-corrected chi connectivity index (χ2v) is 7.84. The quantitative estimate of drug-likeness (QED) is 0.509. The van der Waals surface area contributed by atoms with Gasteiger partial charge in [0.1, 0.15) is 17.2 Å². The predicted octanol–water partition coefficient (Wildman–Crippen LogP) is 2.79. The number of aromatic nitrogens is 3. The van der Waals surface area contributed by atoms with Crippen LogP contribution in [0.5, 0.6) is 5.88 Å². The molecule has 0 aliphatic carbocycles. The molecule has 10 nitrogen and oxygen atoms in total. The molecule has 1 saturated heterocycles. The van der Waals surface area contributed by atoms with Crippen LogP contribution in [0.15, 0.2) is 36.5 Å². The van der Waals surface area contributed by atoms with Crippen molar-refractivity contribution in [1.29, 1.82) is 0 Å². The number of carbonyl (C=O) groups is 2. The first-order chi connectivity index (χ1) is 16.4. The number of primary amides is 1. The fraction of sp³-hybridized carbons (Fsp3) is 0.304. The van der Waals surface area contributed by atoms with Gasteiger partial charge in [0.25, 0.3) is 5.91 Å². The molecule has 178 valence electrons. The number of anilines is 1. The number of hydrogen-bond donors (Lipinski definition) is 3. The smallest absolute Gasteiger partial charge is 0.317 e. The van der Waals surface area contributed by atoms with Gasteiger partial charge in [0.15, 0.2) is 0 Å². The zero-order valence-electron chi connectivity index (χ0n) is 18.8. The first kappa shape index (κ1) is 23.2. The van der Waals surface area contributed by atoms with Crippen molar-refractivity contribution in [3.05, 3.63) is 53.5 Å². The third-order valence-corrected chi connectivity index (χ3v) is 5.55. The Hall–Kier alpha value is -3.99. The van der Waals surface area contributed by atoms with Crippen molar-refractivity contribution < 1.29 is 23.5 Å². The van der Waals surface area contributed by atoms with Gasteiger partial charge in [0.05, 0.1) is 18.5 Å². The fourth-order valence-electron chi connectivity index (χ4n) is 3.81. The van der Waals surface area contributed by atoms with E-state index < -0.39 is 11.8 Å². The van der Waals surface area contributed by atoms with Gasteiger partial charge in [-0.05, 0) is 50.1 Å². The highest BCUT2D eigenvalue weighted by molar-refractivity contribution is 5.98. The van der Waals surface area contributed by atoms with Crippen LogP contribution in [-0.2, 0) is 4.74 Å². The average molecular weight is 468 g/mol. The molecule has 0 unspecified atom stereocenters. The maximum Gasteiger partial charge on any atom is 0.317 e. The molecule has 1 aliphatic rings. The maximum absolute atomic E-state index is 13.4. The second kappa shape index (κ2) is 9.87. The standard InChI is InChI=1S/C23H25FN6O4/c1-13-19(29-30(20(13)28-23(25)32)17-5-3-15(24)4-6-17)14-11-18(22(33-2)26-12-14)21(31)27-16-7-9-34-10-8-16/h3-6,11-12,16H,7-10H2,1-2H3,(H,27,31)(H3,25,28,32). The summed E-state index contributed by atoms with van der Waals surface area (Å²) < 4.78 is 25.5. The molecule has 0 bridgehead atoms. The van der Waals surface area contributed by atoms with Crippen molar-refractivity contribution in [1.82, 2.24) is 20.1 Å². The first-order valence-electron chi connectivity index (χ1n) is 10.7. The van der Waals surface area contributed by atoms with E-state index in [1.165, 1.54) is 42.3 Å². The summed E-state index contributed by atoms with van der Waals surface area (Å²) in [7, 11) is 1.44. The van der Waals surface area contributed by atoms with Crippen LogP contribution in [0.1, 0.15) is 28.8 Å². The summed E-state index contributed by atoms with van der Waals surface area (Å²) in [6.07, 6.45) is 2.98. The molecule has 3 amide bonds. The maximum atomic E-state index is 13.4. The van der Waals surface area contributed by atoms with Gasteiger partial charge in [-0.3, -0.25) is 10.1 Å². The van der Waals surface area contributed by atoms with E-state index in [1.807, 2.05) is 0 Å². The molecule has 1 aromatic carbocycles. The lowest BCUT2D eigenvalue weighted by Crippen LogP contribution is -2.39. The molecular formula is C23H25FN6O4. The second-order valence-electron chi connectivity index (χ2n) is 7.84. The Morgan fingerprint density at radius 2 is 1.94 bits per heavy atom. The van der Waals surface area contributed by atoms with Gasteiger partial charge in [-0.2, -0.15) is 5.10 Å². The largest absolute Gasteiger partial charge is 0.480 e. The lowest BCUT2D eigenvalue weighted by atomic mass is 10.1. The van der Waals surface area contributed by atoms with E-state index >= 15 is 0 Å². The number of pyridine rings is 1. The van der Waals surface area contributed by atoms with Gasteiger partial charge in [0.2, 0.25) is 5.88 Å². The van der Waals surface area contributed by atoms with Crippen LogP contribution in [0.25, 0.3) is 16.9 Å². The molecule has 0 radical (unpaired) electrons. The zero-order chi connectivity index (χ0) is 24.2. The monoisotopic (exact) mass is 468 g/mol. The van der Waals surface area contributed by atoms with E-state index in [1.54, 1.807) is 13.0 Å². The summed E-state index contributed by atoms with van der Waals surface area (Å²) in [5.41, 5.74) is 7.71. The molecule has 0 spiro atoms.